The summed E-state index contributed by atoms with van der Waals surface area (Å²) in [7, 11) is -3.88. The zero-order valence-electron chi connectivity index (χ0n) is 14.7. The third-order valence-electron chi connectivity index (χ3n) is 4.54. The van der Waals surface area contributed by atoms with Gasteiger partial charge in [0.2, 0.25) is 0 Å². The Bertz CT molecular complexity index is 1070. The van der Waals surface area contributed by atoms with Gasteiger partial charge < -0.3 is 10.1 Å². The monoisotopic (exact) mass is 464 g/mol. The number of hydrogen-bond acceptors (Lipinski definition) is 5. The summed E-state index contributed by atoms with van der Waals surface area (Å²) in [5.74, 6) is -0.258. The summed E-state index contributed by atoms with van der Waals surface area (Å²) in [6.45, 7) is 0.516. The predicted molar refractivity (Wildman–Crippen MR) is 105 cm³/mol. The predicted octanol–water partition coefficient (Wildman–Crippen LogP) is 2.56. The first-order valence-corrected chi connectivity index (χ1v) is 11.0. The van der Waals surface area contributed by atoms with Crippen LogP contribution in [0.15, 0.2) is 51.8 Å². The first kappa shape index (κ1) is 18.9. The lowest BCUT2D eigenvalue weighted by molar-refractivity contribution is 0.0863. The molecule has 1 heterocycles. The topological polar surface area (TPSA) is 92.8 Å². The maximum Gasteiger partial charge on any atom is 0.269 e. The molecule has 0 saturated heterocycles. The second kappa shape index (κ2) is 7.21. The maximum absolute atomic E-state index is 12.6. The molecular formula is C19H17BrN2O5S. The number of amides is 2. The van der Waals surface area contributed by atoms with Crippen LogP contribution < -0.4 is 10.1 Å². The largest absolute Gasteiger partial charge is 0.492 e. The van der Waals surface area contributed by atoms with E-state index in [0.717, 1.165) is 8.78 Å². The third-order valence-corrected chi connectivity index (χ3v) is 6.91. The number of ether oxygens (including phenoxy) is 1. The Balaban J connectivity index is 1.41. The number of nitrogens with zero attached hydrogens (tertiary/aromatic N) is 1. The Labute approximate surface area is 170 Å². The van der Waals surface area contributed by atoms with E-state index in [1.807, 2.05) is 18.2 Å². The van der Waals surface area contributed by atoms with Gasteiger partial charge in [0.15, 0.2) is 0 Å². The summed E-state index contributed by atoms with van der Waals surface area (Å²) in [5.41, 5.74) is 0.316. The summed E-state index contributed by atoms with van der Waals surface area (Å²) < 4.78 is 32.7. The lowest BCUT2D eigenvalue weighted by atomic mass is 10.1. The highest BCUT2D eigenvalue weighted by Crippen LogP contribution is 2.39. The van der Waals surface area contributed by atoms with E-state index in [4.69, 9.17) is 4.74 Å². The van der Waals surface area contributed by atoms with Crippen LogP contribution in [0.4, 0.5) is 0 Å². The molecule has 9 heteroatoms. The highest BCUT2D eigenvalue weighted by molar-refractivity contribution is 9.10. The van der Waals surface area contributed by atoms with E-state index in [9.17, 15) is 18.0 Å². The van der Waals surface area contributed by atoms with Crippen LogP contribution in [0.1, 0.15) is 33.6 Å². The van der Waals surface area contributed by atoms with E-state index in [0.29, 0.717) is 18.6 Å². The molecule has 1 fully saturated rings. The van der Waals surface area contributed by atoms with E-state index in [2.05, 4.69) is 21.2 Å². The lowest BCUT2D eigenvalue weighted by Gasteiger charge is -2.13. The second-order valence-electron chi connectivity index (χ2n) is 6.61. The molecule has 0 unspecified atom stereocenters. The van der Waals surface area contributed by atoms with Crippen molar-refractivity contribution in [2.24, 2.45) is 0 Å². The zero-order chi connectivity index (χ0) is 19.9. The highest BCUT2D eigenvalue weighted by atomic mass is 79.9. The van der Waals surface area contributed by atoms with Crippen LogP contribution in [0.5, 0.6) is 5.75 Å². The van der Waals surface area contributed by atoms with Gasteiger partial charge in [0.25, 0.3) is 21.8 Å². The van der Waals surface area contributed by atoms with Crippen molar-refractivity contribution in [1.29, 1.82) is 0 Å². The molecule has 0 aromatic heterocycles. The molecule has 4 rings (SSSR count). The van der Waals surface area contributed by atoms with E-state index in [1.165, 1.54) is 18.2 Å². The van der Waals surface area contributed by atoms with E-state index >= 15 is 0 Å². The van der Waals surface area contributed by atoms with Gasteiger partial charge in [-0.1, -0.05) is 22.0 Å². The average molecular weight is 465 g/mol. The number of carbonyl (C=O) groups is 2. The molecular weight excluding hydrogens is 448 g/mol. The fraction of sp³-hybridized carbons (Fsp3) is 0.263. The molecule has 0 spiro atoms. The van der Waals surface area contributed by atoms with Crippen LogP contribution in [0.2, 0.25) is 0 Å². The normalized spacial score (nSPS) is 17.3. The first-order chi connectivity index (χ1) is 13.4. The molecule has 0 atom stereocenters. The van der Waals surface area contributed by atoms with E-state index in [-0.39, 0.29) is 35.2 Å². The van der Waals surface area contributed by atoms with Crippen molar-refractivity contribution in [3.05, 3.63) is 58.1 Å². The molecule has 28 heavy (non-hydrogen) atoms. The quantitative estimate of drug-likeness (QED) is 0.663. The van der Waals surface area contributed by atoms with Gasteiger partial charge in [-0.15, -0.1) is 0 Å². The van der Waals surface area contributed by atoms with Crippen molar-refractivity contribution in [2.45, 2.75) is 23.8 Å². The van der Waals surface area contributed by atoms with Gasteiger partial charge in [-0.25, -0.2) is 12.7 Å². The number of nitrogens with one attached hydrogen (secondary N) is 1. The molecule has 1 saturated carbocycles. The van der Waals surface area contributed by atoms with Crippen LogP contribution >= 0.6 is 15.9 Å². The summed E-state index contributed by atoms with van der Waals surface area (Å²) in [4.78, 5) is 24.6. The van der Waals surface area contributed by atoms with Crippen molar-refractivity contribution >= 4 is 37.8 Å². The van der Waals surface area contributed by atoms with Crippen molar-refractivity contribution < 1.29 is 22.7 Å². The maximum atomic E-state index is 12.6. The van der Waals surface area contributed by atoms with Gasteiger partial charge in [-0.2, -0.15) is 0 Å². The Hall–Kier alpha value is -2.39. The van der Waals surface area contributed by atoms with Crippen molar-refractivity contribution in [2.75, 3.05) is 13.2 Å². The number of hydrogen-bond donors (Lipinski definition) is 1. The summed E-state index contributed by atoms with van der Waals surface area (Å²) in [6, 6.07) is 11.2. The second-order valence-corrected chi connectivity index (χ2v) is 9.31. The fourth-order valence-corrected chi connectivity index (χ4v) is 5.27. The van der Waals surface area contributed by atoms with Gasteiger partial charge in [0, 0.05) is 16.1 Å². The van der Waals surface area contributed by atoms with Gasteiger partial charge >= 0.3 is 0 Å². The van der Waals surface area contributed by atoms with E-state index in [1.54, 1.807) is 6.07 Å². The minimum atomic E-state index is -3.88. The molecule has 2 aliphatic rings. The van der Waals surface area contributed by atoms with Crippen LogP contribution in [-0.4, -0.2) is 43.7 Å². The molecule has 0 radical (unpaired) electrons. The zero-order valence-corrected chi connectivity index (χ0v) is 17.1. The first-order valence-electron chi connectivity index (χ1n) is 8.77. The summed E-state index contributed by atoms with van der Waals surface area (Å²) >= 11 is 3.35. The van der Waals surface area contributed by atoms with Gasteiger partial charge in [0.05, 0.1) is 12.1 Å². The van der Waals surface area contributed by atoms with Crippen LogP contribution in [0, 0.1) is 0 Å². The summed E-state index contributed by atoms with van der Waals surface area (Å²) in [5, 5.41) is 2.69. The van der Waals surface area contributed by atoms with Gasteiger partial charge in [-0.3, -0.25) is 9.59 Å². The van der Waals surface area contributed by atoms with E-state index < -0.39 is 21.8 Å². The number of rotatable bonds is 6. The average Bonchev–Trinajstić information content (AvgIpc) is 3.46. The number of sulfonamides is 1. The molecule has 1 aliphatic carbocycles. The standard InChI is InChI=1S/C19H17BrN2O5S/c20-13-2-1-3-15(11-13)27-9-8-21-18(23)12-4-7-16-17(10-12)28(25,26)22(19(16)24)14-5-6-14/h1-4,7,10-11,14H,5-6,8-9H2,(H,21,23). The molecule has 1 aliphatic heterocycles. The number of fused-ring (bicyclic) bond motifs is 1. The smallest absolute Gasteiger partial charge is 0.269 e. The number of benzene rings is 2. The van der Waals surface area contributed by atoms with Gasteiger partial charge in [0.1, 0.15) is 17.3 Å². The molecule has 1 N–H and O–H groups in total. The molecule has 146 valence electrons. The number of carbonyl (C=O) groups excluding carboxylic acids is 2. The minimum absolute atomic E-state index is 0.0950. The van der Waals surface area contributed by atoms with Crippen molar-refractivity contribution in [1.82, 2.24) is 9.62 Å². The molecule has 0 bridgehead atoms. The van der Waals surface area contributed by atoms with Crippen LogP contribution in [0.25, 0.3) is 0 Å². The van der Waals surface area contributed by atoms with Crippen molar-refractivity contribution in [3.63, 3.8) is 0 Å². The molecule has 2 aromatic carbocycles. The van der Waals surface area contributed by atoms with Crippen LogP contribution in [0.3, 0.4) is 0 Å². The van der Waals surface area contributed by atoms with Crippen molar-refractivity contribution in [3.8, 4) is 5.75 Å². The molecule has 7 nitrogen and oxygen atoms in total. The van der Waals surface area contributed by atoms with Gasteiger partial charge in [-0.05, 0) is 49.2 Å². The Kier molecular flexibility index (Phi) is 4.88. The molecule has 2 amide bonds. The lowest BCUT2D eigenvalue weighted by Crippen LogP contribution is -2.32. The Morgan fingerprint density at radius 2 is 2.00 bits per heavy atom. The number of halogens is 1. The van der Waals surface area contributed by atoms with Crippen LogP contribution in [-0.2, 0) is 10.0 Å². The SMILES string of the molecule is O=C(NCCOc1cccc(Br)c1)c1ccc2c(c1)S(=O)(=O)N(C1CC1)C2=O. The third kappa shape index (κ3) is 3.51. The fourth-order valence-electron chi connectivity index (χ4n) is 3.05. The Morgan fingerprint density at radius 3 is 2.71 bits per heavy atom. The highest BCUT2D eigenvalue weighted by Gasteiger charge is 2.48. The Morgan fingerprint density at radius 1 is 1.21 bits per heavy atom. The summed E-state index contributed by atoms with van der Waals surface area (Å²) in [6.07, 6.45) is 1.37. The minimum Gasteiger partial charge on any atom is -0.492 e. The molecule has 2 aromatic rings.